The summed E-state index contributed by atoms with van der Waals surface area (Å²) in [6.07, 6.45) is 0. The lowest BCUT2D eigenvalue weighted by atomic mass is 10.4. The molecule has 1 heterocycles. The number of nitrogens with one attached hydrogen (secondary N) is 2. The maximum absolute atomic E-state index is 11.1. The molecule has 1 rings (SSSR count). The number of rotatable bonds is 6. The predicted octanol–water partition coefficient (Wildman–Crippen LogP) is -0.956. The highest BCUT2D eigenvalue weighted by molar-refractivity contribution is 5.77. The van der Waals surface area contributed by atoms with Crippen molar-refractivity contribution in [3.63, 3.8) is 0 Å². The highest BCUT2D eigenvalue weighted by atomic mass is 16.5. The Morgan fingerprint density at radius 2 is 2.13 bits per heavy atom. The maximum atomic E-state index is 11.1. The molecule has 5 nitrogen and oxygen atoms in total. The third-order valence-corrected chi connectivity index (χ3v) is 2.37. The van der Waals surface area contributed by atoms with E-state index in [1.165, 1.54) is 0 Å². The minimum Gasteiger partial charge on any atom is -0.379 e. The SMILES string of the molecule is CCNC(=O)CNCCN1CCOCC1. The molecule has 0 unspecified atom stereocenters. The molecule has 0 radical (unpaired) electrons. The van der Waals surface area contributed by atoms with E-state index in [1.54, 1.807) is 0 Å². The molecular weight excluding hydrogens is 194 g/mol. The van der Waals surface area contributed by atoms with E-state index in [-0.39, 0.29) is 5.91 Å². The number of hydrogen-bond acceptors (Lipinski definition) is 4. The molecular formula is C10H21N3O2. The van der Waals surface area contributed by atoms with E-state index in [0.29, 0.717) is 13.1 Å². The van der Waals surface area contributed by atoms with Gasteiger partial charge in [0, 0.05) is 32.7 Å². The van der Waals surface area contributed by atoms with Crippen molar-refractivity contribution in [3.05, 3.63) is 0 Å². The summed E-state index contributed by atoms with van der Waals surface area (Å²) >= 11 is 0. The lowest BCUT2D eigenvalue weighted by molar-refractivity contribution is -0.120. The van der Waals surface area contributed by atoms with Gasteiger partial charge in [0.25, 0.3) is 0 Å². The summed E-state index contributed by atoms with van der Waals surface area (Å²) in [5.41, 5.74) is 0. The Morgan fingerprint density at radius 1 is 1.40 bits per heavy atom. The molecule has 1 aliphatic rings. The summed E-state index contributed by atoms with van der Waals surface area (Å²) in [7, 11) is 0. The van der Waals surface area contributed by atoms with Gasteiger partial charge >= 0.3 is 0 Å². The van der Waals surface area contributed by atoms with Crippen LogP contribution in [0.1, 0.15) is 6.92 Å². The van der Waals surface area contributed by atoms with E-state index >= 15 is 0 Å². The van der Waals surface area contributed by atoms with Gasteiger partial charge in [-0.1, -0.05) is 0 Å². The van der Waals surface area contributed by atoms with Crippen molar-refractivity contribution in [2.24, 2.45) is 0 Å². The number of carbonyl (C=O) groups is 1. The van der Waals surface area contributed by atoms with Gasteiger partial charge in [0.15, 0.2) is 0 Å². The fraction of sp³-hybridized carbons (Fsp3) is 0.900. The van der Waals surface area contributed by atoms with Crippen LogP contribution < -0.4 is 10.6 Å². The number of hydrogen-bond donors (Lipinski definition) is 2. The summed E-state index contributed by atoms with van der Waals surface area (Å²) in [4.78, 5) is 13.4. The average Bonchev–Trinajstić information content (AvgIpc) is 2.26. The largest absolute Gasteiger partial charge is 0.379 e. The number of likely N-dealkylation sites (N-methyl/N-ethyl adjacent to an activating group) is 1. The third kappa shape index (κ3) is 5.71. The molecule has 0 saturated carbocycles. The first-order valence-corrected chi connectivity index (χ1v) is 5.60. The van der Waals surface area contributed by atoms with E-state index in [1.807, 2.05) is 6.92 Å². The van der Waals surface area contributed by atoms with Crippen molar-refractivity contribution in [1.82, 2.24) is 15.5 Å². The highest BCUT2D eigenvalue weighted by Crippen LogP contribution is 1.94. The van der Waals surface area contributed by atoms with Gasteiger partial charge in [-0.05, 0) is 6.92 Å². The van der Waals surface area contributed by atoms with Crippen LogP contribution in [0.2, 0.25) is 0 Å². The average molecular weight is 215 g/mol. The van der Waals surface area contributed by atoms with Crippen molar-refractivity contribution >= 4 is 5.91 Å². The molecule has 0 aromatic carbocycles. The van der Waals surface area contributed by atoms with Crippen molar-refractivity contribution in [1.29, 1.82) is 0 Å². The Hall–Kier alpha value is -0.650. The molecule has 0 spiro atoms. The molecule has 88 valence electrons. The van der Waals surface area contributed by atoms with Gasteiger partial charge in [-0.3, -0.25) is 9.69 Å². The van der Waals surface area contributed by atoms with E-state index < -0.39 is 0 Å². The maximum Gasteiger partial charge on any atom is 0.233 e. The number of amides is 1. The fourth-order valence-corrected chi connectivity index (χ4v) is 1.52. The second-order valence-corrected chi connectivity index (χ2v) is 3.58. The molecule has 1 saturated heterocycles. The minimum absolute atomic E-state index is 0.0690. The second-order valence-electron chi connectivity index (χ2n) is 3.58. The molecule has 15 heavy (non-hydrogen) atoms. The zero-order valence-corrected chi connectivity index (χ0v) is 9.42. The van der Waals surface area contributed by atoms with Gasteiger partial charge < -0.3 is 15.4 Å². The lowest BCUT2D eigenvalue weighted by Crippen LogP contribution is -2.42. The van der Waals surface area contributed by atoms with E-state index in [0.717, 1.165) is 39.4 Å². The predicted molar refractivity (Wildman–Crippen MR) is 58.8 cm³/mol. The van der Waals surface area contributed by atoms with Crippen LogP contribution in [0.4, 0.5) is 0 Å². The number of morpholine rings is 1. The Balaban J connectivity index is 1.93. The standard InChI is InChI=1S/C10H21N3O2/c1-2-12-10(14)9-11-3-4-13-5-7-15-8-6-13/h11H,2-9H2,1H3,(H,12,14). The highest BCUT2D eigenvalue weighted by Gasteiger charge is 2.09. The summed E-state index contributed by atoms with van der Waals surface area (Å²) in [6, 6.07) is 0. The molecule has 0 bridgehead atoms. The zero-order chi connectivity index (χ0) is 10.9. The molecule has 1 fully saturated rings. The van der Waals surface area contributed by atoms with Gasteiger partial charge in [-0.15, -0.1) is 0 Å². The third-order valence-electron chi connectivity index (χ3n) is 2.37. The molecule has 2 N–H and O–H groups in total. The summed E-state index contributed by atoms with van der Waals surface area (Å²) in [5, 5.41) is 5.87. The number of carbonyl (C=O) groups excluding carboxylic acids is 1. The zero-order valence-electron chi connectivity index (χ0n) is 9.42. The van der Waals surface area contributed by atoms with E-state index in [4.69, 9.17) is 4.74 Å². The Morgan fingerprint density at radius 3 is 2.80 bits per heavy atom. The minimum atomic E-state index is 0.0690. The van der Waals surface area contributed by atoms with Crippen LogP contribution in [0.3, 0.4) is 0 Å². The lowest BCUT2D eigenvalue weighted by Gasteiger charge is -2.26. The molecule has 0 aromatic heterocycles. The Bertz CT molecular complexity index is 182. The van der Waals surface area contributed by atoms with Crippen LogP contribution in [-0.4, -0.2) is 63.3 Å². The summed E-state index contributed by atoms with van der Waals surface area (Å²) in [5.74, 6) is 0.0690. The van der Waals surface area contributed by atoms with Crippen LogP contribution in [0.5, 0.6) is 0 Å². The van der Waals surface area contributed by atoms with Crippen LogP contribution in [0.15, 0.2) is 0 Å². The quantitative estimate of drug-likeness (QED) is 0.561. The summed E-state index contributed by atoms with van der Waals surface area (Å²) in [6.45, 7) is 8.55. The Labute approximate surface area is 91.2 Å². The van der Waals surface area contributed by atoms with Crippen LogP contribution in [0, 0.1) is 0 Å². The van der Waals surface area contributed by atoms with Gasteiger partial charge in [-0.2, -0.15) is 0 Å². The first-order chi connectivity index (χ1) is 7.33. The Kier molecular flexibility index (Phi) is 6.31. The first-order valence-electron chi connectivity index (χ1n) is 5.60. The van der Waals surface area contributed by atoms with Gasteiger partial charge in [-0.25, -0.2) is 0 Å². The van der Waals surface area contributed by atoms with Crippen molar-refractivity contribution in [2.45, 2.75) is 6.92 Å². The molecule has 0 aliphatic carbocycles. The van der Waals surface area contributed by atoms with Crippen LogP contribution in [-0.2, 0) is 9.53 Å². The molecule has 5 heteroatoms. The van der Waals surface area contributed by atoms with Gasteiger partial charge in [0.1, 0.15) is 0 Å². The van der Waals surface area contributed by atoms with Gasteiger partial charge in [0.2, 0.25) is 5.91 Å². The monoisotopic (exact) mass is 215 g/mol. The normalized spacial score (nSPS) is 17.7. The van der Waals surface area contributed by atoms with Crippen LogP contribution in [0.25, 0.3) is 0 Å². The molecule has 0 aromatic rings. The number of nitrogens with zero attached hydrogens (tertiary/aromatic N) is 1. The molecule has 0 atom stereocenters. The van der Waals surface area contributed by atoms with E-state index in [9.17, 15) is 4.79 Å². The van der Waals surface area contributed by atoms with Gasteiger partial charge in [0.05, 0.1) is 19.8 Å². The molecule has 1 amide bonds. The van der Waals surface area contributed by atoms with Crippen LogP contribution >= 0.6 is 0 Å². The second kappa shape index (κ2) is 7.62. The van der Waals surface area contributed by atoms with Crippen molar-refractivity contribution in [2.75, 3.05) is 52.5 Å². The van der Waals surface area contributed by atoms with E-state index in [2.05, 4.69) is 15.5 Å². The first kappa shape index (κ1) is 12.4. The number of ether oxygens (including phenoxy) is 1. The molecule has 1 aliphatic heterocycles. The van der Waals surface area contributed by atoms with Crippen molar-refractivity contribution < 1.29 is 9.53 Å². The van der Waals surface area contributed by atoms with Crippen molar-refractivity contribution in [3.8, 4) is 0 Å². The summed E-state index contributed by atoms with van der Waals surface area (Å²) < 4.78 is 5.25. The fourth-order valence-electron chi connectivity index (χ4n) is 1.52. The topological polar surface area (TPSA) is 53.6 Å². The smallest absolute Gasteiger partial charge is 0.233 e.